The number of nitrogens with zero attached hydrogens (tertiary/aromatic N) is 2. The van der Waals surface area contributed by atoms with E-state index in [4.69, 9.17) is 0 Å². The van der Waals surface area contributed by atoms with E-state index in [-0.39, 0.29) is 0 Å². The Kier molecular flexibility index (Phi) is 3.19. The molecule has 3 rings (SSSR count). The van der Waals surface area contributed by atoms with E-state index in [1.807, 2.05) is 11.6 Å². The fraction of sp³-hybridized carbons (Fsp3) is 0.357. The van der Waals surface area contributed by atoms with Crippen LogP contribution in [0.2, 0.25) is 0 Å². The first-order valence-electron chi connectivity index (χ1n) is 6.29. The van der Waals surface area contributed by atoms with Crippen LogP contribution >= 0.6 is 11.3 Å². The lowest BCUT2D eigenvalue weighted by Gasteiger charge is -2.12. The second kappa shape index (κ2) is 4.98. The van der Waals surface area contributed by atoms with Gasteiger partial charge in [-0.1, -0.05) is 0 Å². The van der Waals surface area contributed by atoms with Crippen LogP contribution in [0.4, 0.5) is 11.4 Å². The molecule has 0 unspecified atom stereocenters. The molecule has 1 aliphatic heterocycles. The molecule has 18 heavy (non-hydrogen) atoms. The van der Waals surface area contributed by atoms with E-state index in [0.29, 0.717) is 0 Å². The third-order valence-corrected chi connectivity index (χ3v) is 4.20. The monoisotopic (exact) mass is 259 g/mol. The summed E-state index contributed by atoms with van der Waals surface area (Å²) in [5, 5.41) is 6.70. The predicted molar refractivity (Wildman–Crippen MR) is 77.7 cm³/mol. The van der Waals surface area contributed by atoms with Gasteiger partial charge >= 0.3 is 0 Å². The molecule has 0 spiro atoms. The average Bonchev–Trinajstić information content (AvgIpc) is 3.00. The first-order chi connectivity index (χ1) is 8.83. The van der Waals surface area contributed by atoms with Crippen LogP contribution in [0.5, 0.6) is 0 Å². The molecule has 0 radical (unpaired) electrons. The Morgan fingerprint density at radius 3 is 3.22 bits per heavy atom. The minimum absolute atomic E-state index is 0.947. The van der Waals surface area contributed by atoms with Crippen LogP contribution in [-0.2, 0) is 12.8 Å². The van der Waals surface area contributed by atoms with Crippen molar-refractivity contribution in [1.82, 2.24) is 4.98 Å². The van der Waals surface area contributed by atoms with Crippen LogP contribution in [0.3, 0.4) is 0 Å². The summed E-state index contributed by atoms with van der Waals surface area (Å²) in [5.41, 5.74) is 4.05. The third-order valence-electron chi connectivity index (χ3n) is 3.36. The number of anilines is 2. The van der Waals surface area contributed by atoms with Gasteiger partial charge in [-0.25, -0.2) is 4.98 Å². The maximum Gasteiger partial charge on any atom is 0.0942 e. The van der Waals surface area contributed by atoms with Crippen LogP contribution in [0.25, 0.3) is 0 Å². The molecule has 94 valence electrons. The van der Waals surface area contributed by atoms with E-state index < -0.39 is 0 Å². The molecular formula is C14H17N3S. The molecule has 0 bridgehead atoms. The Labute approximate surface area is 111 Å². The summed E-state index contributed by atoms with van der Waals surface area (Å²) in [4.78, 5) is 6.60. The number of nitrogens with one attached hydrogen (secondary N) is 1. The molecular weight excluding hydrogens is 242 g/mol. The van der Waals surface area contributed by atoms with Gasteiger partial charge in [0.05, 0.1) is 5.01 Å². The highest BCUT2D eigenvalue weighted by molar-refractivity contribution is 7.09. The maximum atomic E-state index is 4.29. The molecule has 1 aromatic carbocycles. The second-order valence-corrected chi connectivity index (χ2v) is 5.60. The molecule has 0 fully saturated rings. The van der Waals surface area contributed by atoms with Gasteiger partial charge in [0.15, 0.2) is 0 Å². The highest BCUT2D eigenvalue weighted by atomic mass is 32.1. The number of aromatic nitrogens is 1. The average molecular weight is 259 g/mol. The molecule has 4 heteroatoms. The van der Waals surface area contributed by atoms with Crippen LogP contribution in [0.15, 0.2) is 29.8 Å². The van der Waals surface area contributed by atoms with Crippen molar-refractivity contribution in [3.05, 3.63) is 40.3 Å². The van der Waals surface area contributed by atoms with Crippen molar-refractivity contribution in [3.8, 4) is 0 Å². The first kappa shape index (κ1) is 11.5. The Bertz CT molecular complexity index is 522. The van der Waals surface area contributed by atoms with Crippen LogP contribution in [0.1, 0.15) is 10.6 Å². The highest BCUT2D eigenvalue weighted by Crippen LogP contribution is 2.29. The Morgan fingerprint density at radius 2 is 2.39 bits per heavy atom. The van der Waals surface area contributed by atoms with Gasteiger partial charge in [0.25, 0.3) is 0 Å². The zero-order valence-electron chi connectivity index (χ0n) is 10.5. The first-order valence-corrected chi connectivity index (χ1v) is 7.17. The summed E-state index contributed by atoms with van der Waals surface area (Å²) >= 11 is 1.72. The zero-order valence-corrected chi connectivity index (χ0v) is 11.3. The molecule has 0 saturated carbocycles. The summed E-state index contributed by atoms with van der Waals surface area (Å²) < 4.78 is 0. The van der Waals surface area contributed by atoms with Crippen molar-refractivity contribution in [3.63, 3.8) is 0 Å². The molecule has 1 aromatic heterocycles. The third kappa shape index (κ3) is 2.34. The number of likely N-dealkylation sites (N-methyl/N-ethyl adjacent to an activating group) is 1. The Morgan fingerprint density at radius 1 is 1.44 bits per heavy atom. The van der Waals surface area contributed by atoms with Gasteiger partial charge in [0, 0.05) is 49.5 Å². The summed E-state index contributed by atoms with van der Waals surface area (Å²) in [5.74, 6) is 0. The van der Waals surface area contributed by atoms with Gasteiger partial charge in [0.1, 0.15) is 0 Å². The Hall–Kier alpha value is -1.55. The van der Waals surface area contributed by atoms with Crippen LogP contribution in [0, 0.1) is 0 Å². The lowest BCUT2D eigenvalue weighted by atomic mass is 10.1. The summed E-state index contributed by atoms with van der Waals surface area (Å²) in [6, 6.07) is 6.66. The van der Waals surface area contributed by atoms with E-state index >= 15 is 0 Å². The quantitative estimate of drug-likeness (QED) is 0.915. The molecule has 1 aliphatic rings. The van der Waals surface area contributed by atoms with Crippen molar-refractivity contribution < 1.29 is 0 Å². The highest BCUT2D eigenvalue weighted by Gasteiger charge is 2.15. The minimum Gasteiger partial charge on any atom is -0.385 e. The molecule has 3 nitrogen and oxygen atoms in total. The molecule has 1 N–H and O–H groups in total. The lowest BCUT2D eigenvalue weighted by Crippen LogP contribution is -2.12. The fourth-order valence-electron chi connectivity index (χ4n) is 2.37. The number of hydrogen-bond acceptors (Lipinski definition) is 4. The van der Waals surface area contributed by atoms with Crippen molar-refractivity contribution >= 4 is 22.7 Å². The van der Waals surface area contributed by atoms with Crippen LogP contribution in [-0.4, -0.2) is 25.1 Å². The largest absolute Gasteiger partial charge is 0.385 e. The van der Waals surface area contributed by atoms with Crippen molar-refractivity contribution in [1.29, 1.82) is 0 Å². The second-order valence-electron chi connectivity index (χ2n) is 4.62. The maximum absolute atomic E-state index is 4.29. The molecule has 0 amide bonds. The van der Waals surface area contributed by atoms with Crippen LogP contribution < -0.4 is 10.2 Å². The SMILES string of the molecule is CN1CCc2cc(NCCc3nccs3)ccc21. The number of hydrogen-bond donors (Lipinski definition) is 1. The Balaban J connectivity index is 1.60. The molecule has 2 heterocycles. The van der Waals surface area contributed by atoms with Gasteiger partial charge in [0.2, 0.25) is 0 Å². The number of fused-ring (bicyclic) bond motifs is 1. The topological polar surface area (TPSA) is 28.2 Å². The smallest absolute Gasteiger partial charge is 0.0942 e. The van der Waals surface area contributed by atoms with E-state index in [9.17, 15) is 0 Å². The predicted octanol–water partition coefficient (Wildman–Crippen LogP) is 2.79. The van der Waals surface area contributed by atoms with Gasteiger partial charge in [-0.2, -0.15) is 0 Å². The van der Waals surface area contributed by atoms with Crippen molar-refractivity contribution in [2.75, 3.05) is 30.4 Å². The van der Waals surface area contributed by atoms with E-state index in [0.717, 1.165) is 25.9 Å². The number of thiazole rings is 1. The zero-order chi connectivity index (χ0) is 12.4. The summed E-state index contributed by atoms with van der Waals surface area (Å²) in [6.45, 7) is 2.08. The van der Waals surface area contributed by atoms with E-state index in [1.165, 1.54) is 21.9 Å². The van der Waals surface area contributed by atoms with Gasteiger partial charge in [-0.05, 0) is 30.2 Å². The fourth-order valence-corrected chi connectivity index (χ4v) is 2.99. The molecule has 0 atom stereocenters. The molecule has 0 aliphatic carbocycles. The lowest BCUT2D eigenvalue weighted by molar-refractivity contribution is 0.956. The number of rotatable bonds is 4. The standard InChI is InChI=1S/C14H17N3S/c1-17-8-5-11-10-12(2-3-13(11)17)15-6-4-14-16-7-9-18-14/h2-3,7,9-10,15H,4-6,8H2,1H3. The molecule has 0 saturated heterocycles. The minimum atomic E-state index is 0.947. The normalized spacial score (nSPS) is 13.7. The van der Waals surface area contributed by atoms with Gasteiger partial charge in [-0.3, -0.25) is 0 Å². The van der Waals surface area contributed by atoms with Gasteiger partial charge < -0.3 is 10.2 Å². The van der Waals surface area contributed by atoms with Gasteiger partial charge in [-0.15, -0.1) is 11.3 Å². The van der Waals surface area contributed by atoms with Crippen molar-refractivity contribution in [2.45, 2.75) is 12.8 Å². The summed E-state index contributed by atoms with van der Waals surface area (Å²) in [7, 11) is 2.15. The molecule has 2 aromatic rings. The number of benzene rings is 1. The van der Waals surface area contributed by atoms with E-state index in [2.05, 4.69) is 40.4 Å². The summed E-state index contributed by atoms with van der Waals surface area (Å²) in [6.07, 6.45) is 4.02. The van der Waals surface area contributed by atoms with Crippen molar-refractivity contribution in [2.24, 2.45) is 0 Å². The van der Waals surface area contributed by atoms with E-state index in [1.54, 1.807) is 11.3 Å².